The summed E-state index contributed by atoms with van der Waals surface area (Å²) >= 11 is 0. The average Bonchev–Trinajstić information content (AvgIpc) is 3.63. The molecule has 0 bridgehead atoms. The molecule has 0 spiro atoms. The average molecular weight is 540 g/mol. The highest BCUT2D eigenvalue weighted by Crippen LogP contribution is 2.44. The van der Waals surface area contributed by atoms with Gasteiger partial charge < -0.3 is 8.83 Å². The van der Waals surface area contributed by atoms with Crippen LogP contribution in [0.3, 0.4) is 0 Å². The first kappa shape index (κ1) is 22.9. The molecule has 196 valence electrons. The van der Waals surface area contributed by atoms with Gasteiger partial charge >= 0.3 is 0 Å². The lowest BCUT2D eigenvalue weighted by molar-refractivity contribution is 0.668. The molecule has 0 aliphatic rings. The van der Waals surface area contributed by atoms with Gasteiger partial charge in [-0.05, 0) is 29.7 Å². The third kappa shape index (κ3) is 3.40. The molecule has 6 aromatic carbocycles. The van der Waals surface area contributed by atoms with Crippen LogP contribution in [0.25, 0.3) is 88.8 Å². The molecule has 0 saturated heterocycles. The van der Waals surface area contributed by atoms with E-state index in [2.05, 4.69) is 30.3 Å². The zero-order valence-corrected chi connectivity index (χ0v) is 22.3. The van der Waals surface area contributed by atoms with Gasteiger partial charge in [0.1, 0.15) is 22.3 Å². The molecule has 0 aliphatic heterocycles. The molecular weight excluding hydrogens is 518 g/mol. The van der Waals surface area contributed by atoms with Crippen molar-refractivity contribution < 1.29 is 8.83 Å². The summed E-state index contributed by atoms with van der Waals surface area (Å²) in [5, 5.41) is 6.19. The SMILES string of the molecule is c1ccc(-c2nc(-c3ccccc3)nc(-c3cc4oc5ccccc5c4c4c3ccc3c5ccccc5oc34)n2)cc1. The van der Waals surface area contributed by atoms with E-state index in [9.17, 15) is 0 Å². The fourth-order valence-electron chi connectivity index (χ4n) is 6.01. The van der Waals surface area contributed by atoms with Crippen LogP contribution in [0.15, 0.2) is 136 Å². The maximum atomic E-state index is 6.57. The molecule has 3 heterocycles. The van der Waals surface area contributed by atoms with Crippen LogP contribution in [0, 0.1) is 0 Å². The predicted molar refractivity (Wildman–Crippen MR) is 168 cm³/mol. The summed E-state index contributed by atoms with van der Waals surface area (Å²) in [7, 11) is 0. The predicted octanol–water partition coefficient (Wildman–Crippen LogP) is 9.82. The zero-order valence-electron chi connectivity index (χ0n) is 22.3. The van der Waals surface area contributed by atoms with E-state index in [0.717, 1.165) is 71.3 Å². The fraction of sp³-hybridized carbons (Fsp3) is 0. The molecule has 0 radical (unpaired) electrons. The highest BCUT2D eigenvalue weighted by molar-refractivity contribution is 6.30. The summed E-state index contributed by atoms with van der Waals surface area (Å²) in [5.74, 6) is 1.80. The van der Waals surface area contributed by atoms with Crippen LogP contribution in [0.1, 0.15) is 0 Å². The number of hydrogen-bond donors (Lipinski definition) is 0. The lowest BCUT2D eigenvalue weighted by atomic mass is 9.96. The summed E-state index contributed by atoms with van der Waals surface area (Å²) < 4.78 is 13.0. The van der Waals surface area contributed by atoms with Crippen LogP contribution >= 0.6 is 0 Å². The number of benzene rings is 6. The molecule has 42 heavy (non-hydrogen) atoms. The maximum absolute atomic E-state index is 6.57. The van der Waals surface area contributed by atoms with Crippen LogP contribution in [0.5, 0.6) is 0 Å². The number of nitrogens with zero attached hydrogens (tertiary/aromatic N) is 3. The van der Waals surface area contributed by atoms with Crippen molar-refractivity contribution in [3.8, 4) is 34.2 Å². The monoisotopic (exact) mass is 539 g/mol. The van der Waals surface area contributed by atoms with Gasteiger partial charge in [-0.3, -0.25) is 0 Å². The quantitative estimate of drug-likeness (QED) is 0.224. The zero-order chi connectivity index (χ0) is 27.6. The van der Waals surface area contributed by atoms with Crippen molar-refractivity contribution in [1.82, 2.24) is 15.0 Å². The van der Waals surface area contributed by atoms with Crippen molar-refractivity contribution in [1.29, 1.82) is 0 Å². The second-order valence-electron chi connectivity index (χ2n) is 10.4. The Kier molecular flexibility index (Phi) is 4.83. The Morgan fingerprint density at radius 3 is 1.62 bits per heavy atom. The van der Waals surface area contributed by atoms with Crippen LogP contribution in [0.2, 0.25) is 0 Å². The molecule has 5 heteroatoms. The van der Waals surface area contributed by atoms with E-state index in [0.29, 0.717) is 17.5 Å². The van der Waals surface area contributed by atoms with Crippen molar-refractivity contribution in [2.45, 2.75) is 0 Å². The molecule has 0 N–H and O–H groups in total. The molecule has 0 unspecified atom stereocenters. The standard InChI is InChI=1S/C37H21N3O2/c1-3-11-22(12-4-1)35-38-36(23-13-5-2-6-14-23)40-37(39-35)28-21-31-32(27-16-8-10-18-30(27)41-31)33-25(28)19-20-26-24-15-7-9-17-29(24)42-34(26)33/h1-21H. The van der Waals surface area contributed by atoms with E-state index >= 15 is 0 Å². The minimum absolute atomic E-state index is 0.575. The summed E-state index contributed by atoms with van der Waals surface area (Å²) in [5.41, 5.74) is 5.96. The summed E-state index contributed by atoms with van der Waals surface area (Å²) in [6.07, 6.45) is 0. The number of para-hydroxylation sites is 2. The molecule has 0 saturated carbocycles. The third-order valence-corrected chi connectivity index (χ3v) is 7.93. The van der Waals surface area contributed by atoms with E-state index in [4.69, 9.17) is 23.8 Å². The molecule has 0 amide bonds. The second-order valence-corrected chi connectivity index (χ2v) is 10.4. The lowest BCUT2D eigenvalue weighted by Gasteiger charge is -2.11. The van der Waals surface area contributed by atoms with Crippen molar-refractivity contribution in [2.75, 3.05) is 0 Å². The first-order valence-corrected chi connectivity index (χ1v) is 13.9. The highest BCUT2D eigenvalue weighted by Gasteiger charge is 2.22. The first-order valence-electron chi connectivity index (χ1n) is 13.9. The van der Waals surface area contributed by atoms with Crippen molar-refractivity contribution in [3.05, 3.63) is 127 Å². The van der Waals surface area contributed by atoms with Gasteiger partial charge in [-0.15, -0.1) is 0 Å². The molecular formula is C37H21N3O2. The number of aromatic nitrogens is 3. The van der Waals surface area contributed by atoms with Gasteiger partial charge in [0.05, 0.1) is 0 Å². The van der Waals surface area contributed by atoms with Gasteiger partial charge in [0, 0.05) is 43.6 Å². The van der Waals surface area contributed by atoms with Crippen LogP contribution < -0.4 is 0 Å². The largest absolute Gasteiger partial charge is 0.456 e. The summed E-state index contributed by atoms with van der Waals surface area (Å²) in [6.45, 7) is 0. The molecule has 0 aliphatic carbocycles. The first-order chi connectivity index (χ1) is 20.8. The van der Waals surface area contributed by atoms with E-state index in [1.165, 1.54) is 0 Å². The molecule has 5 nitrogen and oxygen atoms in total. The van der Waals surface area contributed by atoms with Crippen LogP contribution in [-0.2, 0) is 0 Å². The normalized spacial score (nSPS) is 11.8. The van der Waals surface area contributed by atoms with E-state index in [1.807, 2.05) is 97.1 Å². The van der Waals surface area contributed by atoms with Crippen molar-refractivity contribution in [3.63, 3.8) is 0 Å². The van der Waals surface area contributed by atoms with E-state index in [-0.39, 0.29) is 0 Å². The van der Waals surface area contributed by atoms with Gasteiger partial charge in [0.25, 0.3) is 0 Å². The smallest absolute Gasteiger partial charge is 0.164 e. The number of furan rings is 2. The molecule has 9 aromatic rings. The molecule has 9 rings (SSSR count). The number of rotatable bonds is 3. The van der Waals surface area contributed by atoms with Crippen LogP contribution in [0.4, 0.5) is 0 Å². The second kappa shape index (κ2) is 8.85. The fourth-order valence-corrected chi connectivity index (χ4v) is 6.01. The Morgan fingerprint density at radius 2 is 0.929 bits per heavy atom. The lowest BCUT2D eigenvalue weighted by Crippen LogP contribution is -2.00. The van der Waals surface area contributed by atoms with Crippen molar-refractivity contribution in [2.24, 2.45) is 0 Å². The Hall–Kier alpha value is -5.81. The number of hydrogen-bond acceptors (Lipinski definition) is 5. The highest BCUT2D eigenvalue weighted by atomic mass is 16.3. The summed E-state index contributed by atoms with van der Waals surface area (Å²) in [6, 6.07) is 42.7. The maximum Gasteiger partial charge on any atom is 0.164 e. The van der Waals surface area contributed by atoms with Gasteiger partial charge in [-0.2, -0.15) is 0 Å². The minimum atomic E-state index is 0.575. The third-order valence-electron chi connectivity index (χ3n) is 7.93. The number of fused-ring (bicyclic) bond motifs is 9. The molecule has 0 atom stereocenters. The Bertz CT molecular complexity index is 2400. The van der Waals surface area contributed by atoms with E-state index in [1.54, 1.807) is 0 Å². The Morgan fingerprint density at radius 1 is 0.381 bits per heavy atom. The Balaban J connectivity index is 1.43. The minimum Gasteiger partial charge on any atom is -0.456 e. The van der Waals surface area contributed by atoms with Crippen LogP contribution in [-0.4, -0.2) is 15.0 Å². The van der Waals surface area contributed by atoms with E-state index < -0.39 is 0 Å². The van der Waals surface area contributed by atoms with Gasteiger partial charge in [-0.1, -0.05) is 103 Å². The molecule has 3 aromatic heterocycles. The van der Waals surface area contributed by atoms with Gasteiger partial charge in [0.2, 0.25) is 0 Å². The Labute approximate surface area is 239 Å². The topological polar surface area (TPSA) is 65.0 Å². The van der Waals surface area contributed by atoms with Crippen molar-refractivity contribution >= 4 is 54.6 Å². The van der Waals surface area contributed by atoms with Gasteiger partial charge in [-0.25, -0.2) is 15.0 Å². The molecule has 0 fully saturated rings. The van der Waals surface area contributed by atoms with Gasteiger partial charge in [0.15, 0.2) is 17.5 Å². The summed E-state index contributed by atoms with van der Waals surface area (Å²) in [4.78, 5) is 15.0.